The molecule has 170 valence electrons. The lowest BCUT2D eigenvalue weighted by molar-refractivity contribution is -0.184. The highest BCUT2D eigenvalue weighted by Crippen LogP contribution is 2.43. The Labute approximate surface area is 184 Å². The highest BCUT2D eigenvalue weighted by molar-refractivity contribution is 6.02. The third-order valence-corrected chi connectivity index (χ3v) is 4.95. The number of rotatable bonds is 4. The molecular weight excluding hydrogens is 396 g/mol. The van der Waals surface area contributed by atoms with Gasteiger partial charge in [0.2, 0.25) is 0 Å². The maximum absolute atomic E-state index is 13.1. The highest BCUT2D eigenvalue weighted by Gasteiger charge is 2.56. The van der Waals surface area contributed by atoms with Crippen LogP contribution < -0.4 is 0 Å². The van der Waals surface area contributed by atoms with E-state index in [-0.39, 0.29) is 6.42 Å². The fourth-order valence-corrected chi connectivity index (χ4v) is 3.83. The average Bonchev–Trinajstić information content (AvgIpc) is 2.56. The predicted octanol–water partition coefficient (Wildman–Crippen LogP) is 3.96. The van der Waals surface area contributed by atoms with Crippen molar-refractivity contribution in [1.29, 1.82) is 0 Å². The van der Waals surface area contributed by atoms with E-state index in [0.717, 1.165) is 5.56 Å². The van der Waals surface area contributed by atoms with Gasteiger partial charge < -0.3 is 14.6 Å². The molecule has 0 heterocycles. The van der Waals surface area contributed by atoms with Crippen molar-refractivity contribution in [2.75, 3.05) is 0 Å². The van der Waals surface area contributed by atoms with Gasteiger partial charge in [-0.3, -0.25) is 14.4 Å². The van der Waals surface area contributed by atoms with E-state index >= 15 is 0 Å². The number of benzene rings is 1. The molecule has 1 fully saturated rings. The molecule has 0 radical (unpaired) electrons. The fraction of sp³-hybridized carbons (Fsp3) is 0.560. The quantitative estimate of drug-likeness (QED) is 0.575. The zero-order valence-corrected chi connectivity index (χ0v) is 19.5. The predicted molar refractivity (Wildman–Crippen MR) is 118 cm³/mol. The molecule has 1 aromatic carbocycles. The number of ketones is 1. The first kappa shape index (κ1) is 24.8. The first-order chi connectivity index (χ1) is 14.1. The fourth-order valence-electron chi connectivity index (χ4n) is 3.83. The Morgan fingerprint density at radius 3 is 2.03 bits per heavy atom. The van der Waals surface area contributed by atoms with E-state index < -0.39 is 52.3 Å². The zero-order chi connectivity index (χ0) is 23.6. The topological polar surface area (TPSA) is 89.9 Å². The Hall–Kier alpha value is -2.47. The standard InChI is InChI=1S/C25H34O6/c1-23(2,3)30-21(27)19-17(14-13-16-11-9-8-10-12-16)20(22(28)31-24(4,5)6)25(7,29)15-18(19)26/h8-14,17,19-20,29H,15H2,1-7H3. The third-order valence-electron chi connectivity index (χ3n) is 4.95. The molecule has 4 unspecified atom stereocenters. The summed E-state index contributed by atoms with van der Waals surface area (Å²) in [5, 5.41) is 11.1. The van der Waals surface area contributed by atoms with Crippen LogP contribution in [0.5, 0.6) is 0 Å². The summed E-state index contributed by atoms with van der Waals surface area (Å²) in [5.74, 6) is -5.05. The average molecular weight is 431 g/mol. The molecule has 0 aromatic heterocycles. The third kappa shape index (κ3) is 6.76. The monoisotopic (exact) mass is 430 g/mol. The Bertz CT molecular complexity index is 839. The molecule has 2 rings (SSSR count). The van der Waals surface area contributed by atoms with Gasteiger partial charge in [-0.25, -0.2) is 0 Å². The molecule has 0 saturated heterocycles. The van der Waals surface area contributed by atoms with Crippen LogP contribution >= 0.6 is 0 Å². The summed E-state index contributed by atoms with van der Waals surface area (Å²) in [6, 6.07) is 9.32. The number of carbonyl (C=O) groups is 3. The van der Waals surface area contributed by atoms with E-state index in [1.165, 1.54) is 6.92 Å². The Balaban J connectivity index is 2.54. The van der Waals surface area contributed by atoms with Gasteiger partial charge in [-0.1, -0.05) is 42.5 Å². The zero-order valence-electron chi connectivity index (χ0n) is 19.5. The molecule has 0 aliphatic heterocycles. The summed E-state index contributed by atoms with van der Waals surface area (Å²) in [4.78, 5) is 39.1. The van der Waals surface area contributed by atoms with Crippen molar-refractivity contribution in [1.82, 2.24) is 0 Å². The number of aliphatic hydroxyl groups is 1. The summed E-state index contributed by atoms with van der Waals surface area (Å²) < 4.78 is 11.1. The molecule has 1 N–H and O–H groups in total. The lowest BCUT2D eigenvalue weighted by atomic mass is 9.63. The van der Waals surface area contributed by atoms with Gasteiger partial charge in [0, 0.05) is 12.3 Å². The van der Waals surface area contributed by atoms with Crippen molar-refractivity contribution in [2.24, 2.45) is 17.8 Å². The van der Waals surface area contributed by atoms with Gasteiger partial charge >= 0.3 is 11.9 Å². The van der Waals surface area contributed by atoms with Gasteiger partial charge in [-0.15, -0.1) is 0 Å². The minimum Gasteiger partial charge on any atom is -0.460 e. The second-order valence-corrected chi connectivity index (χ2v) is 10.4. The summed E-state index contributed by atoms with van der Waals surface area (Å²) in [5.41, 5.74) is -2.41. The van der Waals surface area contributed by atoms with Crippen LogP contribution in [0.4, 0.5) is 0 Å². The summed E-state index contributed by atoms with van der Waals surface area (Å²) in [6.45, 7) is 11.8. The van der Waals surface area contributed by atoms with Crippen molar-refractivity contribution < 1.29 is 29.0 Å². The first-order valence-electron chi connectivity index (χ1n) is 10.5. The molecule has 0 amide bonds. The molecule has 1 aliphatic rings. The van der Waals surface area contributed by atoms with Gasteiger partial charge in [0.25, 0.3) is 0 Å². The Kier molecular flexibility index (Phi) is 7.16. The van der Waals surface area contributed by atoms with Gasteiger partial charge in [-0.2, -0.15) is 0 Å². The minimum atomic E-state index is -1.66. The molecular formula is C25H34O6. The molecule has 1 aliphatic carbocycles. The smallest absolute Gasteiger partial charge is 0.317 e. The van der Waals surface area contributed by atoms with Gasteiger partial charge in [-0.05, 0) is 54.0 Å². The molecule has 4 atom stereocenters. The number of hydrogen-bond acceptors (Lipinski definition) is 6. The van der Waals surface area contributed by atoms with Crippen molar-refractivity contribution >= 4 is 23.8 Å². The Morgan fingerprint density at radius 1 is 1.00 bits per heavy atom. The van der Waals surface area contributed by atoms with Crippen LogP contribution in [0.15, 0.2) is 36.4 Å². The summed E-state index contributed by atoms with van der Waals surface area (Å²) >= 11 is 0. The van der Waals surface area contributed by atoms with E-state index in [0.29, 0.717) is 0 Å². The molecule has 1 saturated carbocycles. The number of Topliss-reactive ketones (excluding diaryl/α,β-unsaturated/α-hetero) is 1. The van der Waals surface area contributed by atoms with E-state index in [2.05, 4.69) is 0 Å². The van der Waals surface area contributed by atoms with E-state index in [1.54, 1.807) is 53.7 Å². The van der Waals surface area contributed by atoms with Crippen LogP contribution in [0.25, 0.3) is 6.08 Å². The van der Waals surface area contributed by atoms with Crippen LogP contribution in [-0.2, 0) is 23.9 Å². The van der Waals surface area contributed by atoms with Crippen LogP contribution in [-0.4, -0.2) is 39.6 Å². The number of ether oxygens (including phenoxy) is 2. The van der Waals surface area contributed by atoms with Crippen LogP contribution in [0.2, 0.25) is 0 Å². The molecule has 6 nitrogen and oxygen atoms in total. The largest absolute Gasteiger partial charge is 0.460 e. The molecule has 0 bridgehead atoms. The van der Waals surface area contributed by atoms with Gasteiger partial charge in [0.1, 0.15) is 17.1 Å². The molecule has 31 heavy (non-hydrogen) atoms. The van der Waals surface area contributed by atoms with Crippen LogP contribution in [0.1, 0.15) is 60.5 Å². The van der Waals surface area contributed by atoms with Crippen molar-refractivity contribution in [3.8, 4) is 0 Å². The lowest BCUT2D eigenvalue weighted by Crippen LogP contribution is -2.57. The maximum Gasteiger partial charge on any atom is 0.317 e. The highest BCUT2D eigenvalue weighted by atomic mass is 16.6. The van der Waals surface area contributed by atoms with Gasteiger partial charge in [0.05, 0.1) is 11.5 Å². The van der Waals surface area contributed by atoms with E-state index in [4.69, 9.17) is 9.47 Å². The molecule has 0 spiro atoms. The number of esters is 2. The lowest BCUT2D eigenvalue weighted by Gasteiger charge is -2.43. The SMILES string of the molecule is CC(C)(C)OC(=O)C1C(=O)CC(C)(O)C(C(=O)OC(C)(C)C)C1C=Cc1ccccc1. The van der Waals surface area contributed by atoms with E-state index in [1.807, 2.05) is 30.3 Å². The van der Waals surface area contributed by atoms with Crippen LogP contribution in [0.3, 0.4) is 0 Å². The molecule has 1 aromatic rings. The second-order valence-electron chi connectivity index (χ2n) is 10.4. The minimum absolute atomic E-state index is 0.337. The van der Waals surface area contributed by atoms with E-state index in [9.17, 15) is 19.5 Å². The summed E-state index contributed by atoms with van der Waals surface area (Å²) in [6.07, 6.45) is 3.05. The van der Waals surface area contributed by atoms with Gasteiger partial charge in [0.15, 0.2) is 5.78 Å². The van der Waals surface area contributed by atoms with Crippen molar-refractivity contribution in [3.63, 3.8) is 0 Å². The first-order valence-corrected chi connectivity index (χ1v) is 10.5. The van der Waals surface area contributed by atoms with Crippen LogP contribution in [0, 0.1) is 17.8 Å². The number of carbonyl (C=O) groups excluding carboxylic acids is 3. The van der Waals surface area contributed by atoms with Crippen molar-refractivity contribution in [2.45, 2.75) is 71.7 Å². The second kappa shape index (κ2) is 8.95. The van der Waals surface area contributed by atoms with Crippen molar-refractivity contribution in [3.05, 3.63) is 42.0 Å². The Morgan fingerprint density at radius 2 is 1.52 bits per heavy atom. The maximum atomic E-state index is 13.1. The normalized spacial score (nSPS) is 27.2. The number of hydrogen-bond donors (Lipinski definition) is 1. The number of allylic oxidation sites excluding steroid dienone is 1. The summed E-state index contributed by atoms with van der Waals surface area (Å²) in [7, 11) is 0. The molecule has 6 heteroatoms.